The lowest BCUT2D eigenvalue weighted by Crippen LogP contribution is -2.31. The summed E-state index contributed by atoms with van der Waals surface area (Å²) < 4.78 is 0. The number of benzene rings is 10. The first kappa shape index (κ1) is 39.2. The van der Waals surface area contributed by atoms with E-state index in [9.17, 15) is 0 Å². The number of fused-ring (bicyclic) bond motifs is 18. The van der Waals surface area contributed by atoms with Crippen LogP contribution in [0.2, 0.25) is 0 Å². The van der Waals surface area contributed by atoms with Gasteiger partial charge < -0.3 is 0 Å². The van der Waals surface area contributed by atoms with E-state index >= 15 is 0 Å². The van der Waals surface area contributed by atoms with Crippen molar-refractivity contribution in [2.75, 3.05) is 0 Å². The van der Waals surface area contributed by atoms with Crippen LogP contribution in [0.15, 0.2) is 194 Å². The van der Waals surface area contributed by atoms with E-state index in [0.29, 0.717) is 0 Å². The third-order valence-electron chi connectivity index (χ3n) is 17.3. The molecule has 0 aromatic heterocycles. The highest BCUT2D eigenvalue weighted by atomic mass is 14.5. The molecule has 15 rings (SSSR count). The summed E-state index contributed by atoms with van der Waals surface area (Å²) in [5.74, 6) is 0. The van der Waals surface area contributed by atoms with E-state index in [1.54, 1.807) is 0 Å². The predicted octanol–water partition coefficient (Wildman–Crippen LogP) is 16.2. The van der Waals surface area contributed by atoms with Crippen LogP contribution in [-0.2, 0) is 16.2 Å². The maximum Gasteiger partial charge on any atom is 0.0725 e. The first-order chi connectivity index (χ1) is 33.7. The van der Waals surface area contributed by atoms with Gasteiger partial charge in [-0.2, -0.15) is 0 Å². The molecule has 0 N–H and O–H groups in total. The van der Waals surface area contributed by atoms with Crippen LogP contribution < -0.4 is 10.4 Å². The minimum atomic E-state index is -0.399. The summed E-state index contributed by atoms with van der Waals surface area (Å²) in [4.78, 5) is 0. The molecule has 0 saturated carbocycles. The monoisotopic (exact) mass is 878 g/mol. The van der Waals surface area contributed by atoms with Crippen LogP contribution >= 0.6 is 0 Å². The van der Waals surface area contributed by atoms with Crippen molar-refractivity contribution in [3.8, 4) is 77.9 Å². The molecule has 69 heavy (non-hydrogen) atoms. The number of hydrogen-bond acceptors (Lipinski definition) is 0. The highest BCUT2D eigenvalue weighted by molar-refractivity contribution is 6.08. The summed E-state index contributed by atoms with van der Waals surface area (Å²) in [6, 6.07) is 74.9. The number of hydrogen-bond donors (Lipinski definition) is 0. The fourth-order valence-corrected chi connectivity index (χ4v) is 14.2. The van der Waals surface area contributed by atoms with Crippen molar-refractivity contribution in [1.29, 1.82) is 0 Å². The molecule has 10 aromatic carbocycles. The fourth-order valence-electron chi connectivity index (χ4n) is 14.2. The molecule has 1 spiro atoms. The molecule has 0 unspecified atom stereocenters. The average molecular weight is 879 g/mol. The van der Waals surface area contributed by atoms with Gasteiger partial charge in [0.25, 0.3) is 0 Å². The number of rotatable bonds is 3. The Morgan fingerprint density at radius 3 is 1.09 bits per heavy atom. The lowest BCUT2D eigenvalue weighted by molar-refractivity contribution is 0.660. The van der Waals surface area contributed by atoms with Gasteiger partial charge in [-0.15, -0.1) is 0 Å². The first-order valence-electron chi connectivity index (χ1n) is 25.0. The van der Waals surface area contributed by atoms with Gasteiger partial charge in [0.15, 0.2) is 0 Å². The Kier molecular flexibility index (Phi) is 7.77. The molecule has 0 heteroatoms. The SMILES string of the molecule is CC1(C)c2ccccc2-c2ccc(-c3c4c(c(-c5ccc6c(c5)C(C)(C)c5ccccc5-6)c5cc(-c6ccc7c(c6)C6(c8ccccc8-c8ccccc86)c6ccccc6-7)ccc35)=CCCC=4)cc21. The molecule has 0 bridgehead atoms. The molecule has 0 amide bonds. The van der Waals surface area contributed by atoms with Gasteiger partial charge in [0.2, 0.25) is 0 Å². The molecule has 10 aromatic rings. The van der Waals surface area contributed by atoms with Gasteiger partial charge in [0, 0.05) is 10.8 Å². The topological polar surface area (TPSA) is 0 Å². The summed E-state index contributed by atoms with van der Waals surface area (Å²) in [6.07, 6.45) is 7.14. The van der Waals surface area contributed by atoms with Gasteiger partial charge in [-0.1, -0.05) is 210 Å². The molecular weight excluding hydrogens is 829 g/mol. The minimum Gasteiger partial charge on any atom is -0.0757 e. The van der Waals surface area contributed by atoms with Crippen molar-refractivity contribution in [3.63, 3.8) is 0 Å². The Morgan fingerprint density at radius 1 is 0.275 bits per heavy atom. The fraction of sp³-hybridized carbons (Fsp3) is 0.130. The van der Waals surface area contributed by atoms with E-state index in [0.717, 1.165) is 12.8 Å². The van der Waals surface area contributed by atoms with E-state index in [2.05, 4.69) is 234 Å². The Balaban J connectivity index is 1.000. The van der Waals surface area contributed by atoms with Crippen LogP contribution in [0.25, 0.3) is 101 Å². The van der Waals surface area contributed by atoms with Gasteiger partial charge in [-0.05, 0) is 181 Å². The maximum absolute atomic E-state index is 2.55. The molecule has 0 nitrogen and oxygen atoms in total. The van der Waals surface area contributed by atoms with E-state index < -0.39 is 5.41 Å². The zero-order chi connectivity index (χ0) is 46.0. The summed E-state index contributed by atoms with van der Waals surface area (Å²) in [6.45, 7) is 9.62. The van der Waals surface area contributed by atoms with Gasteiger partial charge >= 0.3 is 0 Å². The van der Waals surface area contributed by atoms with Crippen LogP contribution in [0.4, 0.5) is 0 Å². The quantitative estimate of drug-likeness (QED) is 0.166. The third-order valence-corrected chi connectivity index (χ3v) is 17.3. The Bertz CT molecular complexity index is 4010. The predicted molar refractivity (Wildman–Crippen MR) is 289 cm³/mol. The highest BCUT2D eigenvalue weighted by Gasteiger charge is 2.51. The molecule has 5 aliphatic rings. The second-order valence-electron chi connectivity index (χ2n) is 21.3. The van der Waals surface area contributed by atoms with Crippen molar-refractivity contribution >= 4 is 22.9 Å². The largest absolute Gasteiger partial charge is 0.0757 e. The lowest BCUT2D eigenvalue weighted by atomic mass is 9.70. The molecule has 0 fully saturated rings. The summed E-state index contributed by atoms with van der Waals surface area (Å²) in [5.41, 5.74) is 29.0. The molecule has 326 valence electrons. The lowest BCUT2D eigenvalue weighted by Gasteiger charge is -2.30. The molecular formula is C69H50. The zero-order valence-electron chi connectivity index (χ0n) is 39.5. The third kappa shape index (κ3) is 4.99. The minimum absolute atomic E-state index is 0.0967. The van der Waals surface area contributed by atoms with Crippen molar-refractivity contribution in [1.82, 2.24) is 0 Å². The van der Waals surface area contributed by atoms with Crippen LogP contribution in [0.5, 0.6) is 0 Å². The van der Waals surface area contributed by atoms with Crippen molar-refractivity contribution in [3.05, 3.63) is 249 Å². The molecule has 5 aliphatic carbocycles. The summed E-state index contributed by atoms with van der Waals surface area (Å²) in [7, 11) is 0. The molecule has 0 aliphatic heterocycles. The van der Waals surface area contributed by atoms with Crippen LogP contribution in [0, 0.1) is 0 Å². The standard InChI is InChI=1S/C69H50/c1-67(2)57-24-12-7-17-45(57)50-34-31-43(39-62(50)67)65-53-22-5-6-23-54(53)66(44-32-35-51-46-18-8-13-25-58(46)68(3,4)63(51)40-44)56-37-41(30-36-55(56)65)42-29-33-52-49-21-11-16-28-61(49)69(64(52)38-42)59-26-14-9-19-47(59)48-20-10-15-27-60(48)69/h7-40H,5-6H2,1-4H3. The molecule has 0 atom stereocenters. The van der Waals surface area contributed by atoms with E-state index in [4.69, 9.17) is 0 Å². The average Bonchev–Trinajstić information content (AvgIpc) is 4.02. The van der Waals surface area contributed by atoms with Crippen molar-refractivity contribution in [2.45, 2.75) is 56.8 Å². The van der Waals surface area contributed by atoms with Crippen LogP contribution in [0.1, 0.15) is 85.0 Å². The van der Waals surface area contributed by atoms with Crippen molar-refractivity contribution < 1.29 is 0 Å². The molecule has 0 radical (unpaired) electrons. The van der Waals surface area contributed by atoms with Gasteiger partial charge in [0.1, 0.15) is 0 Å². The normalized spacial score (nSPS) is 16.0. The molecule has 0 heterocycles. The van der Waals surface area contributed by atoms with Crippen molar-refractivity contribution in [2.24, 2.45) is 0 Å². The van der Waals surface area contributed by atoms with Crippen LogP contribution in [-0.4, -0.2) is 0 Å². The van der Waals surface area contributed by atoms with E-state index in [1.165, 1.54) is 144 Å². The van der Waals surface area contributed by atoms with Gasteiger partial charge in [0.05, 0.1) is 5.41 Å². The summed E-state index contributed by atoms with van der Waals surface area (Å²) in [5, 5.41) is 5.33. The van der Waals surface area contributed by atoms with E-state index in [1.807, 2.05) is 0 Å². The Labute approximate surface area is 404 Å². The van der Waals surface area contributed by atoms with Gasteiger partial charge in [-0.3, -0.25) is 0 Å². The highest BCUT2D eigenvalue weighted by Crippen LogP contribution is 2.63. The smallest absolute Gasteiger partial charge is 0.0725 e. The second kappa shape index (κ2) is 13.7. The first-order valence-corrected chi connectivity index (χ1v) is 25.0. The van der Waals surface area contributed by atoms with E-state index in [-0.39, 0.29) is 10.8 Å². The van der Waals surface area contributed by atoms with Crippen LogP contribution in [0.3, 0.4) is 0 Å². The Morgan fingerprint density at radius 2 is 0.609 bits per heavy atom. The maximum atomic E-state index is 2.55. The van der Waals surface area contributed by atoms with Gasteiger partial charge in [-0.25, -0.2) is 0 Å². The molecule has 0 saturated heterocycles. The Hall–Kier alpha value is -7.80. The zero-order valence-corrected chi connectivity index (χ0v) is 39.5. The summed E-state index contributed by atoms with van der Waals surface area (Å²) >= 11 is 0. The second-order valence-corrected chi connectivity index (χ2v) is 21.3.